The van der Waals surface area contributed by atoms with Crippen molar-refractivity contribution in [2.24, 2.45) is 5.92 Å². The molecule has 0 bridgehead atoms. The van der Waals surface area contributed by atoms with Gasteiger partial charge in [0.25, 0.3) is 0 Å². The lowest BCUT2D eigenvalue weighted by Gasteiger charge is -2.13. The van der Waals surface area contributed by atoms with Gasteiger partial charge in [-0.1, -0.05) is 41.4 Å². The zero-order valence-corrected chi connectivity index (χ0v) is 14.8. The molecule has 1 N–H and O–H groups in total. The van der Waals surface area contributed by atoms with Crippen LogP contribution in [0.2, 0.25) is 10.0 Å². The average Bonchev–Trinajstić information content (AvgIpc) is 2.90. The van der Waals surface area contributed by atoms with Crippen molar-refractivity contribution < 1.29 is 4.74 Å². The highest BCUT2D eigenvalue weighted by Crippen LogP contribution is 2.29. The lowest BCUT2D eigenvalue weighted by molar-refractivity contribution is 0.254. The molecule has 0 amide bonds. The van der Waals surface area contributed by atoms with E-state index in [4.69, 9.17) is 27.9 Å². The van der Waals surface area contributed by atoms with Crippen molar-refractivity contribution in [1.82, 2.24) is 9.97 Å². The summed E-state index contributed by atoms with van der Waals surface area (Å²) in [5.74, 6) is 1.99. The maximum atomic E-state index is 6.25. The Morgan fingerprint density at radius 3 is 3.00 bits per heavy atom. The minimum atomic E-state index is 0.248. The van der Waals surface area contributed by atoms with Crippen LogP contribution in [0.4, 0.5) is 0 Å². The Balaban J connectivity index is 1.78. The molecule has 124 valence electrons. The molecule has 0 saturated heterocycles. The van der Waals surface area contributed by atoms with Crippen molar-refractivity contribution in [2.75, 3.05) is 7.11 Å². The number of imidazole rings is 1. The van der Waals surface area contributed by atoms with E-state index < -0.39 is 0 Å². The fourth-order valence-electron chi connectivity index (χ4n) is 2.68. The Bertz CT molecular complexity index is 805. The van der Waals surface area contributed by atoms with Crippen LogP contribution in [0.3, 0.4) is 0 Å². The molecule has 3 rings (SSSR count). The normalized spacial score (nSPS) is 17.8. The molecule has 2 aromatic rings. The summed E-state index contributed by atoms with van der Waals surface area (Å²) in [6.45, 7) is 0. The van der Waals surface area contributed by atoms with E-state index in [1.54, 1.807) is 19.4 Å². The second-order valence-corrected chi connectivity index (χ2v) is 6.39. The molecule has 0 fully saturated rings. The number of hydrogen-bond donors (Lipinski definition) is 1. The molecule has 1 aromatic heterocycles. The molecule has 1 aromatic carbocycles. The molecule has 0 saturated carbocycles. The first-order chi connectivity index (χ1) is 11.7. The van der Waals surface area contributed by atoms with Gasteiger partial charge in [0.1, 0.15) is 11.6 Å². The van der Waals surface area contributed by atoms with Gasteiger partial charge in [0.05, 0.1) is 24.0 Å². The molecule has 0 spiro atoms. The van der Waals surface area contributed by atoms with Crippen LogP contribution in [0.5, 0.6) is 0 Å². The van der Waals surface area contributed by atoms with Crippen LogP contribution in [0.15, 0.2) is 54.5 Å². The molecule has 1 aliphatic carbocycles. The van der Waals surface area contributed by atoms with Gasteiger partial charge in [-0.15, -0.1) is 0 Å². The lowest BCUT2D eigenvalue weighted by atomic mass is 10.0. The molecule has 0 radical (unpaired) electrons. The molecule has 3 nitrogen and oxygen atoms in total. The Kier molecular flexibility index (Phi) is 5.44. The van der Waals surface area contributed by atoms with Crippen LogP contribution in [-0.4, -0.2) is 17.1 Å². The third-order valence-electron chi connectivity index (χ3n) is 3.95. The van der Waals surface area contributed by atoms with Crippen molar-refractivity contribution in [3.05, 3.63) is 70.3 Å². The van der Waals surface area contributed by atoms with Gasteiger partial charge in [-0.3, -0.25) is 0 Å². The van der Waals surface area contributed by atoms with Gasteiger partial charge in [-0.05, 0) is 43.2 Å². The van der Waals surface area contributed by atoms with Gasteiger partial charge < -0.3 is 9.72 Å². The summed E-state index contributed by atoms with van der Waals surface area (Å²) in [5, 5.41) is 1.21. The Morgan fingerprint density at radius 2 is 2.21 bits per heavy atom. The van der Waals surface area contributed by atoms with Crippen LogP contribution in [-0.2, 0) is 4.74 Å². The van der Waals surface area contributed by atoms with Crippen LogP contribution in [0, 0.1) is 5.92 Å². The van der Waals surface area contributed by atoms with Crippen LogP contribution in [0.25, 0.3) is 17.3 Å². The average molecular weight is 361 g/mol. The highest BCUT2D eigenvalue weighted by molar-refractivity contribution is 6.36. The van der Waals surface area contributed by atoms with Gasteiger partial charge in [-0.2, -0.15) is 0 Å². The van der Waals surface area contributed by atoms with E-state index in [0.717, 1.165) is 35.7 Å². The van der Waals surface area contributed by atoms with Gasteiger partial charge in [-0.25, -0.2) is 4.98 Å². The van der Waals surface area contributed by atoms with Crippen molar-refractivity contribution >= 4 is 29.3 Å². The van der Waals surface area contributed by atoms with Gasteiger partial charge >= 0.3 is 0 Å². The minimum Gasteiger partial charge on any atom is -0.500 e. The Hall–Kier alpha value is -1.97. The van der Waals surface area contributed by atoms with E-state index in [9.17, 15) is 0 Å². The summed E-state index contributed by atoms with van der Waals surface area (Å²) >= 11 is 12.2. The number of methoxy groups -OCH3 is 1. The van der Waals surface area contributed by atoms with E-state index in [1.807, 2.05) is 30.4 Å². The predicted octanol–water partition coefficient (Wildman–Crippen LogP) is 5.89. The number of benzene rings is 1. The van der Waals surface area contributed by atoms with Gasteiger partial charge in [0, 0.05) is 16.5 Å². The fourth-order valence-corrected chi connectivity index (χ4v) is 3.19. The number of nitrogens with one attached hydrogen (secondary N) is 1. The van der Waals surface area contributed by atoms with E-state index in [-0.39, 0.29) is 5.92 Å². The first-order valence-corrected chi connectivity index (χ1v) is 8.52. The highest BCUT2D eigenvalue weighted by atomic mass is 35.5. The number of halogens is 2. The zero-order chi connectivity index (χ0) is 16.9. The maximum Gasteiger partial charge on any atom is 0.130 e. The van der Waals surface area contributed by atoms with Crippen molar-refractivity contribution in [3.63, 3.8) is 0 Å². The van der Waals surface area contributed by atoms with E-state index in [1.165, 1.54) is 0 Å². The second kappa shape index (κ2) is 7.73. The largest absolute Gasteiger partial charge is 0.500 e. The summed E-state index contributed by atoms with van der Waals surface area (Å²) in [6.07, 6.45) is 14.1. The van der Waals surface area contributed by atoms with Crippen molar-refractivity contribution in [3.8, 4) is 11.3 Å². The zero-order valence-electron chi connectivity index (χ0n) is 13.3. The third kappa shape index (κ3) is 3.92. The van der Waals surface area contributed by atoms with Gasteiger partial charge in [0.15, 0.2) is 0 Å². The standard InChI is InChI=1S/C19H18Cl2N2O/c1-24-18-6-4-2-3-5-13(18)7-10-19-22-12-17(23-19)15-9-8-14(20)11-16(15)21/h2,4,6-13H,3,5H2,1H3,(H,22,23)/b10-7+. The molecule has 0 aliphatic heterocycles. The second-order valence-electron chi connectivity index (χ2n) is 5.55. The number of hydrogen-bond acceptors (Lipinski definition) is 2. The minimum absolute atomic E-state index is 0.248. The first-order valence-electron chi connectivity index (χ1n) is 7.76. The summed E-state index contributed by atoms with van der Waals surface area (Å²) in [5.41, 5.74) is 1.74. The number of nitrogens with zero attached hydrogens (tertiary/aromatic N) is 1. The summed E-state index contributed by atoms with van der Waals surface area (Å²) in [7, 11) is 1.71. The van der Waals surface area contributed by atoms with Crippen molar-refractivity contribution in [1.29, 1.82) is 0 Å². The topological polar surface area (TPSA) is 37.9 Å². The monoisotopic (exact) mass is 360 g/mol. The van der Waals surface area contributed by atoms with Crippen molar-refractivity contribution in [2.45, 2.75) is 12.8 Å². The number of H-pyrrole nitrogens is 1. The predicted molar refractivity (Wildman–Crippen MR) is 100 cm³/mol. The quantitative estimate of drug-likeness (QED) is 0.737. The van der Waals surface area contributed by atoms with E-state index in [0.29, 0.717) is 10.0 Å². The van der Waals surface area contributed by atoms with Crippen LogP contribution < -0.4 is 0 Å². The summed E-state index contributed by atoms with van der Waals surface area (Å²) in [6, 6.07) is 5.42. The maximum absolute atomic E-state index is 6.25. The van der Waals surface area contributed by atoms with Crippen LogP contribution >= 0.6 is 23.2 Å². The number of aromatic nitrogens is 2. The molecule has 1 aliphatic rings. The Morgan fingerprint density at radius 1 is 1.33 bits per heavy atom. The molecule has 1 atom stereocenters. The summed E-state index contributed by atoms with van der Waals surface area (Å²) in [4.78, 5) is 7.68. The Labute approximate surface area is 151 Å². The molecule has 1 heterocycles. The summed E-state index contributed by atoms with van der Waals surface area (Å²) < 4.78 is 5.47. The number of allylic oxidation sites excluding steroid dienone is 4. The number of rotatable bonds is 4. The lowest BCUT2D eigenvalue weighted by Crippen LogP contribution is -2.01. The smallest absolute Gasteiger partial charge is 0.130 e. The molecule has 5 heteroatoms. The highest BCUT2D eigenvalue weighted by Gasteiger charge is 2.13. The molecular weight excluding hydrogens is 343 g/mol. The number of ether oxygens (including phenoxy) is 1. The third-order valence-corrected chi connectivity index (χ3v) is 4.49. The molecular formula is C19H18Cl2N2O. The molecule has 1 unspecified atom stereocenters. The SMILES string of the molecule is COC1=CC=CCCC1/C=C/c1ncc(-c2ccc(Cl)cc2Cl)[nH]1. The first kappa shape index (κ1) is 16.9. The van der Waals surface area contributed by atoms with Gasteiger partial charge in [0.2, 0.25) is 0 Å². The van der Waals surface area contributed by atoms with E-state index in [2.05, 4.69) is 22.1 Å². The van der Waals surface area contributed by atoms with E-state index >= 15 is 0 Å². The number of aromatic amines is 1. The molecule has 24 heavy (non-hydrogen) atoms. The van der Waals surface area contributed by atoms with Crippen LogP contribution in [0.1, 0.15) is 18.7 Å². The fraction of sp³-hybridized carbons (Fsp3) is 0.211.